The number of likely N-dealkylation sites (tertiary alicyclic amines) is 1. The summed E-state index contributed by atoms with van der Waals surface area (Å²) in [5, 5.41) is 19.4. The summed E-state index contributed by atoms with van der Waals surface area (Å²) >= 11 is 0. The molecular weight excluding hydrogens is 278 g/mol. The van der Waals surface area contributed by atoms with E-state index in [-0.39, 0.29) is 22.8 Å². The van der Waals surface area contributed by atoms with Crippen molar-refractivity contribution in [1.29, 1.82) is 0 Å². The molecule has 2 rings (SSSR count). The van der Waals surface area contributed by atoms with Gasteiger partial charge in [-0.05, 0) is 6.92 Å². The maximum atomic E-state index is 12.3. The van der Waals surface area contributed by atoms with Gasteiger partial charge < -0.3 is 19.7 Å². The third kappa shape index (κ3) is 2.09. The fourth-order valence-corrected chi connectivity index (χ4v) is 2.73. The maximum Gasteiger partial charge on any atom is 0.411 e. The molecule has 2 aliphatic rings. The van der Waals surface area contributed by atoms with E-state index in [4.69, 9.17) is 9.47 Å². The van der Waals surface area contributed by atoms with Crippen molar-refractivity contribution < 1.29 is 29.3 Å². The summed E-state index contributed by atoms with van der Waals surface area (Å²) in [6, 6.07) is -0.882. The molecule has 0 bridgehead atoms. The Bertz CT molecular complexity index is 576. The molecule has 0 spiro atoms. The van der Waals surface area contributed by atoms with E-state index in [9.17, 15) is 19.8 Å². The molecule has 2 N–H and O–H groups in total. The zero-order valence-electron chi connectivity index (χ0n) is 12.0. The Kier molecular flexibility index (Phi) is 3.78. The third-order valence-electron chi connectivity index (χ3n) is 3.79. The number of carboxylic acid groups (broad SMARTS) is 1. The molecule has 1 aliphatic carbocycles. The fraction of sp³-hybridized carbons (Fsp3) is 0.429. The Morgan fingerprint density at radius 3 is 2.48 bits per heavy atom. The van der Waals surface area contributed by atoms with Crippen LogP contribution in [0.5, 0.6) is 0 Å². The van der Waals surface area contributed by atoms with Crippen LogP contribution in [0, 0.1) is 5.92 Å². The number of hydrogen-bond acceptors (Lipinski definition) is 5. The van der Waals surface area contributed by atoms with Crippen molar-refractivity contribution in [3.8, 4) is 0 Å². The van der Waals surface area contributed by atoms with E-state index < -0.39 is 29.9 Å². The molecule has 21 heavy (non-hydrogen) atoms. The van der Waals surface area contributed by atoms with Crippen LogP contribution in [0.3, 0.4) is 0 Å². The first-order valence-corrected chi connectivity index (χ1v) is 6.32. The van der Waals surface area contributed by atoms with Crippen LogP contribution in [0.4, 0.5) is 4.79 Å². The number of amides is 1. The monoisotopic (exact) mass is 295 g/mol. The molecule has 0 aromatic rings. The minimum absolute atomic E-state index is 0.216. The smallest absolute Gasteiger partial charge is 0.411 e. The number of aliphatic hydroxyl groups excluding tert-OH is 1. The average Bonchev–Trinajstić information content (AvgIpc) is 2.43. The van der Waals surface area contributed by atoms with Crippen molar-refractivity contribution in [3.05, 3.63) is 35.4 Å². The van der Waals surface area contributed by atoms with Crippen LogP contribution < -0.4 is 0 Å². The number of nitrogens with zero attached hydrogens (tertiary/aromatic N) is 1. The Labute approximate surface area is 121 Å². The van der Waals surface area contributed by atoms with Crippen molar-refractivity contribution in [2.75, 3.05) is 14.2 Å². The molecule has 0 aromatic carbocycles. The number of allylic oxidation sites excluding steroid dienone is 3. The lowest BCUT2D eigenvalue weighted by Gasteiger charge is -2.42. The zero-order chi connectivity index (χ0) is 15.9. The summed E-state index contributed by atoms with van der Waals surface area (Å²) in [6.45, 7) is 5.27. The van der Waals surface area contributed by atoms with Gasteiger partial charge in [0.1, 0.15) is 6.10 Å². The van der Waals surface area contributed by atoms with Crippen LogP contribution in [0.1, 0.15) is 6.92 Å². The van der Waals surface area contributed by atoms with Gasteiger partial charge in [0.05, 0.1) is 26.2 Å². The predicted octanol–water partition coefficient (Wildman–Crippen LogP) is 0.873. The van der Waals surface area contributed by atoms with Crippen LogP contribution >= 0.6 is 0 Å². The quantitative estimate of drug-likeness (QED) is 0.785. The number of carbonyl (C=O) groups is 2. The minimum atomic E-state index is -1.41. The maximum absolute atomic E-state index is 12.3. The average molecular weight is 295 g/mol. The molecule has 0 aromatic heterocycles. The number of rotatable bonds is 2. The minimum Gasteiger partial charge on any atom is -0.493 e. The number of ketones is 1. The normalized spacial score (nSPS) is 29.0. The number of carbonyl (C=O) groups excluding carboxylic acids is 1. The molecule has 114 valence electrons. The molecule has 0 saturated carbocycles. The van der Waals surface area contributed by atoms with Crippen molar-refractivity contribution >= 4 is 11.9 Å². The number of Topliss-reactive ketones (excluding diaryl/α,β-unsaturated/α-hetero) is 1. The van der Waals surface area contributed by atoms with Gasteiger partial charge in [-0.2, -0.15) is 0 Å². The summed E-state index contributed by atoms with van der Waals surface area (Å²) in [6.07, 6.45) is -1.23. The highest BCUT2D eigenvalue weighted by Gasteiger charge is 2.49. The number of hydrogen-bond donors (Lipinski definition) is 2. The Hall–Kier alpha value is -2.28. The van der Waals surface area contributed by atoms with Gasteiger partial charge in [0.2, 0.25) is 0 Å². The van der Waals surface area contributed by atoms with E-state index in [2.05, 4.69) is 6.58 Å². The highest BCUT2D eigenvalue weighted by molar-refractivity contribution is 5.95. The molecule has 1 aliphatic heterocycles. The van der Waals surface area contributed by atoms with Crippen molar-refractivity contribution in [3.63, 3.8) is 0 Å². The van der Waals surface area contributed by atoms with Gasteiger partial charge in [-0.25, -0.2) is 4.79 Å². The third-order valence-corrected chi connectivity index (χ3v) is 3.79. The lowest BCUT2D eigenvalue weighted by atomic mass is 9.78. The van der Waals surface area contributed by atoms with E-state index in [1.54, 1.807) is 0 Å². The number of methoxy groups -OCH3 is 2. The van der Waals surface area contributed by atoms with Gasteiger partial charge in [0, 0.05) is 17.3 Å². The Morgan fingerprint density at radius 2 is 2.00 bits per heavy atom. The van der Waals surface area contributed by atoms with Crippen LogP contribution in [-0.2, 0) is 14.3 Å². The van der Waals surface area contributed by atoms with E-state index in [0.29, 0.717) is 0 Å². The fourth-order valence-electron chi connectivity index (χ4n) is 2.73. The molecule has 1 saturated heterocycles. The second-order valence-corrected chi connectivity index (χ2v) is 4.87. The summed E-state index contributed by atoms with van der Waals surface area (Å²) in [5.74, 6) is -0.898. The highest BCUT2D eigenvalue weighted by Crippen LogP contribution is 2.41. The molecule has 1 amide bonds. The van der Waals surface area contributed by atoms with E-state index in [0.717, 1.165) is 4.90 Å². The van der Waals surface area contributed by atoms with Gasteiger partial charge in [-0.15, -0.1) is 0 Å². The number of aliphatic hydroxyl groups is 1. The lowest BCUT2D eigenvalue weighted by Crippen LogP contribution is -2.56. The largest absolute Gasteiger partial charge is 0.493 e. The second-order valence-electron chi connectivity index (χ2n) is 4.87. The number of ether oxygens (including phenoxy) is 2. The van der Waals surface area contributed by atoms with Crippen LogP contribution in [-0.4, -0.2) is 53.4 Å². The van der Waals surface area contributed by atoms with E-state index in [1.807, 2.05) is 0 Å². The molecule has 3 atom stereocenters. The van der Waals surface area contributed by atoms with Crippen molar-refractivity contribution in [1.82, 2.24) is 4.90 Å². The first-order chi connectivity index (χ1) is 9.84. The predicted molar refractivity (Wildman–Crippen MR) is 72.1 cm³/mol. The Balaban J connectivity index is 2.63. The molecular formula is C14H17NO6. The lowest BCUT2D eigenvalue weighted by molar-refractivity contribution is -0.135. The molecule has 0 radical (unpaired) electrons. The zero-order valence-corrected chi connectivity index (χ0v) is 12.0. The van der Waals surface area contributed by atoms with E-state index in [1.165, 1.54) is 27.2 Å². The molecule has 1 fully saturated rings. The molecule has 3 unspecified atom stereocenters. The van der Waals surface area contributed by atoms with E-state index >= 15 is 0 Å². The van der Waals surface area contributed by atoms with Crippen LogP contribution in [0.25, 0.3) is 0 Å². The number of fused-ring (bicyclic) bond motifs is 1. The van der Waals surface area contributed by atoms with Crippen LogP contribution in [0.15, 0.2) is 35.4 Å². The molecule has 1 heterocycles. The van der Waals surface area contributed by atoms with Crippen molar-refractivity contribution in [2.24, 2.45) is 5.92 Å². The molecule has 7 heteroatoms. The summed E-state index contributed by atoms with van der Waals surface area (Å²) in [7, 11) is 2.81. The summed E-state index contributed by atoms with van der Waals surface area (Å²) in [5.41, 5.74) is 0.488. The first-order valence-electron chi connectivity index (χ1n) is 6.32. The topological polar surface area (TPSA) is 96.3 Å². The van der Waals surface area contributed by atoms with Gasteiger partial charge in [-0.3, -0.25) is 9.69 Å². The van der Waals surface area contributed by atoms with Gasteiger partial charge >= 0.3 is 6.09 Å². The second kappa shape index (κ2) is 5.25. The SMILES string of the molecule is C=C1C(OC)=C(OC)C=C2C1C(=O)C(O)C(C)N2C(=O)O. The van der Waals surface area contributed by atoms with Gasteiger partial charge in [0.25, 0.3) is 0 Å². The standard InChI is InChI=1S/C14H17NO6/c1-6-10-8(5-9(20-3)13(6)21-4)15(14(18)19)7(2)11(16)12(10)17/h5,7,10-11,16H,1H2,2-4H3,(H,18,19). The highest BCUT2D eigenvalue weighted by atomic mass is 16.5. The Morgan fingerprint density at radius 1 is 1.38 bits per heavy atom. The number of piperidine rings is 1. The van der Waals surface area contributed by atoms with Crippen molar-refractivity contribution in [2.45, 2.75) is 19.1 Å². The summed E-state index contributed by atoms with van der Waals surface area (Å²) < 4.78 is 10.3. The van der Waals surface area contributed by atoms with Gasteiger partial charge in [-0.1, -0.05) is 6.58 Å². The van der Waals surface area contributed by atoms with Gasteiger partial charge in [0.15, 0.2) is 17.3 Å². The first kappa shape index (κ1) is 15.1. The summed E-state index contributed by atoms with van der Waals surface area (Å²) in [4.78, 5) is 24.7. The van der Waals surface area contributed by atoms with Crippen LogP contribution in [0.2, 0.25) is 0 Å². The molecule has 7 nitrogen and oxygen atoms in total.